The summed E-state index contributed by atoms with van der Waals surface area (Å²) in [5.74, 6) is 5.45. The third-order valence-electron chi connectivity index (χ3n) is 2.05. The lowest BCUT2D eigenvalue weighted by molar-refractivity contribution is 0.0587. The summed E-state index contributed by atoms with van der Waals surface area (Å²) in [6.07, 6.45) is 0.896. The van der Waals surface area contributed by atoms with Crippen molar-refractivity contribution in [2.24, 2.45) is 5.84 Å². The van der Waals surface area contributed by atoms with Gasteiger partial charge in [0.1, 0.15) is 0 Å². The summed E-state index contributed by atoms with van der Waals surface area (Å²) in [7, 11) is 1.66. The number of nitrogens with one attached hydrogen (secondary N) is 1. The van der Waals surface area contributed by atoms with Crippen LogP contribution in [0.25, 0.3) is 0 Å². The second-order valence-corrected chi connectivity index (χ2v) is 4.05. The van der Waals surface area contributed by atoms with Crippen LogP contribution in [-0.4, -0.2) is 33.0 Å². The molecule has 0 spiro atoms. The fourth-order valence-corrected chi connectivity index (χ4v) is 1.91. The van der Waals surface area contributed by atoms with Crippen LogP contribution < -0.4 is 11.3 Å². The summed E-state index contributed by atoms with van der Waals surface area (Å²) in [6.45, 7) is 1.84. The van der Waals surface area contributed by atoms with Gasteiger partial charge in [-0.05, 0) is 28.8 Å². The molecular weight excluding hydrogens is 212 g/mol. The normalized spacial score (nSPS) is 12.9. The molecule has 0 aliphatic carbocycles. The first-order valence-electron chi connectivity index (χ1n) is 4.90. The molecule has 0 saturated heterocycles. The van der Waals surface area contributed by atoms with Crippen molar-refractivity contribution in [1.29, 1.82) is 0 Å². The molecule has 0 aromatic carbocycles. The molecule has 0 amide bonds. The topological polar surface area (TPSA) is 56.5 Å². The molecule has 1 aromatic rings. The van der Waals surface area contributed by atoms with Gasteiger partial charge in [-0.25, -0.2) is 0 Å². The second-order valence-electron chi connectivity index (χ2n) is 3.27. The maximum Gasteiger partial charge on any atom is 0.0701 e. The molecule has 4 nitrogen and oxygen atoms in total. The highest BCUT2D eigenvalue weighted by Crippen LogP contribution is 2.08. The van der Waals surface area contributed by atoms with Crippen molar-refractivity contribution in [1.82, 2.24) is 5.43 Å². The summed E-state index contributed by atoms with van der Waals surface area (Å²) < 4.78 is 10.3. The maximum absolute atomic E-state index is 5.45. The van der Waals surface area contributed by atoms with Crippen molar-refractivity contribution in [3.8, 4) is 0 Å². The third-order valence-corrected chi connectivity index (χ3v) is 2.78. The van der Waals surface area contributed by atoms with Crippen molar-refractivity contribution in [3.63, 3.8) is 0 Å². The van der Waals surface area contributed by atoms with E-state index in [4.69, 9.17) is 15.3 Å². The number of hydrogen-bond acceptors (Lipinski definition) is 5. The Kier molecular flexibility index (Phi) is 6.54. The molecule has 5 heteroatoms. The Morgan fingerprint density at radius 1 is 1.53 bits per heavy atom. The Hall–Kier alpha value is -0.460. The standard InChI is InChI=1S/C10H18N2O2S/c1-13-3-4-14-7-10(12-11)6-9-2-5-15-8-9/h2,5,8,10,12H,3-4,6-7,11H2,1H3. The lowest BCUT2D eigenvalue weighted by Gasteiger charge is -2.15. The molecule has 15 heavy (non-hydrogen) atoms. The summed E-state index contributed by atoms with van der Waals surface area (Å²) in [4.78, 5) is 0. The van der Waals surface area contributed by atoms with E-state index in [1.165, 1.54) is 5.56 Å². The number of hydrazine groups is 1. The molecule has 3 N–H and O–H groups in total. The van der Waals surface area contributed by atoms with Gasteiger partial charge in [0, 0.05) is 13.2 Å². The molecule has 1 aromatic heterocycles. The Bertz CT molecular complexity index is 242. The monoisotopic (exact) mass is 230 g/mol. The molecule has 0 saturated carbocycles. The predicted octanol–water partition coefficient (Wildman–Crippen LogP) is 0.786. The quantitative estimate of drug-likeness (QED) is 0.394. The largest absolute Gasteiger partial charge is 0.382 e. The highest BCUT2D eigenvalue weighted by Gasteiger charge is 2.07. The van der Waals surface area contributed by atoms with Crippen LogP contribution in [0.3, 0.4) is 0 Å². The van der Waals surface area contributed by atoms with Gasteiger partial charge in [-0.15, -0.1) is 0 Å². The Labute approximate surface area is 94.3 Å². The minimum Gasteiger partial charge on any atom is -0.382 e. The van der Waals surface area contributed by atoms with Crippen LogP contribution in [0.5, 0.6) is 0 Å². The minimum atomic E-state index is 0.163. The molecule has 0 aliphatic heterocycles. The first kappa shape index (κ1) is 12.6. The predicted molar refractivity (Wildman–Crippen MR) is 61.8 cm³/mol. The minimum absolute atomic E-state index is 0.163. The van der Waals surface area contributed by atoms with E-state index in [0.29, 0.717) is 19.8 Å². The molecule has 0 fully saturated rings. The van der Waals surface area contributed by atoms with Gasteiger partial charge in [-0.1, -0.05) is 0 Å². The van der Waals surface area contributed by atoms with Gasteiger partial charge in [0.05, 0.1) is 19.8 Å². The third kappa shape index (κ3) is 5.25. The second kappa shape index (κ2) is 7.78. The summed E-state index contributed by atoms with van der Waals surface area (Å²) >= 11 is 1.69. The Balaban J connectivity index is 2.18. The zero-order chi connectivity index (χ0) is 10.9. The molecule has 0 radical (unpaired) electrons. The highest BCUT2D eigenvalue weighted by atomic mass is 32.1. The molecule has 1 heterocycles. The van der Waals surface area contributed by atoms with E-state index in [0.717, 1.165) is 6.42 Å². The number of ether oxygens (including phenoxy) is 2. The lowest BCUT2D eigenvalue weighted by atomic mass is 10.1. The van der Waals surface area contributed by atoms with Gasteiger partial charge >= 0.3 is 0 Å². The molecule has 1 rings (SSSR count). The van der Waals surface area contributed by atoms with Crippen LogP contribution in [0.4, 0.5) is 0 Å². The van der Waals surface area contributed by atoms with Gasteiger partial charge in [0.25, 0.3) is 0 Å². The van der Waals surface area contributed by atoms with E-state index in [2.05, 4.69) is 22.3 Å². The summed E-state index contributed by atoms with van der Waals surface area (Å²) in [5, 5.41) is 4.19. The zero-order valence-electron chi connectivity index (χ0n) is 8.94. The van der Waals surface area contributed by atoms with Crippen LogP contribution in [0.1, 0.15) is 5.56 Å². The van der Waals surface area contributed by atoms with Crippen molar-refractivity contribution < 1.29 is 9.47 Å². The smallest absolute Gasteiger partial charge is 0.0701 e. The Morgan fingerprint density at radius 3 is 3.00 bits per heavy atom. The van der Waals surface area contributed by atoms with Crippen LogP contribution in [0, 0.1) is 0 Å². The molecule has 0 bridgehead atoms. The molecule has 1 unspecified atom stereocenters. The van der Waals surface area contributed by atoms with E-state index < -0.39 is 0 Å². The fourth-order valence-electron chi connectivity index (χ4n) is 1.23. The zero-order valence-corrected chi connectivity index (χ0v) is 9.76. The number of nitrogens with two attached hydrogens (primary N) is 1. The fraction of sp³-hybridized carbons (Fsp3) is 0.600. The molecular formula is C10H18N2O2S. The lowest BCUT2D eigenvalue weighted by Crippen LogP contribution is -2.40. The Morgan fingerprint density at radius 2 is 2.40 bits per heavy atom. The van der Waals surface area contributed by atoms with Crippen molar-refractivity contribution >= 4 is 11.3 Å². The first-order valence-corrected chi connectivity index (χ1v) is 5.85. The number of methoxy groups -OCH3 is 1. The number of rotatable bonds is 8. The first-order chi connectivity index (χ1) is 7.36. The van der Waals surface area contributed by atoms with E-state index in [1.54, 1.807) is 18.4 Å². The van der Waals surface area contributed by atoms with Gasteiger partial charge < -0.3 is 9.47 Å². The summed E-state index contributed by atoms with van der Waals surface area (Å²) in [6, 6.07) is 2.26. The van der Waals surface area contributed by atoms with E-state index >= 15 is 0 Å². The molecule has 1 atom stereocenters. The van der Waals surface area contributed by atoms with Crippen LogP contribution in [0.15, 0.2) is 16.8 Å². The molecule has 86 valence electrons. The van der Waals surface area contributed by atoms with Gasteiger partial charge in [-0.3, -0.25) is 11.3 Å². The van der Waals surface area contributed by atoms with Crippen LogP contribution in [0.2, 0.25) is 0 Å². The van der Waals surface area contributed by atoms with Gasteiger partial charge in [0.15, 0.2) is 0 Å². The molecule has 0 aliphatic rings. The van der Waals surface area contributed by atoms with Crippen LogP contribution in [-0.2, 0) is 15.9 Å². The summed E-state index contributed by atoms with van der Waals surface area (Å²) in [5.41, 5.74) is 4.05. The van der Waals surface area contributed by atoms with Gasteiger partial charge in [0.2, 0.25) is 0 Å². The van der Waals surface area contributed by atoms with Crippen molar-refractivity contribution in [2.75, 3.05) is 26.9 Å². The van der Waals surface area contributed by atoms with Crippen molar-refractivity contribution in [3.05, 3.63) is 22.4 Å². The van der Waals surface area contributed by atoms with Crippen molar-refractivity contribution in [2.45, 2.75) is 12.5 Å². The average molecular weight is 230 g/mol. The SMILES string of the molecule is COCCOCC(Cc1ccsc1)NN. The number of hydrogen-bond donors (Lipinski definition) is 2. The van der Waals surface area contributed by atoms with Crippen LogP contribution >= 0.6 is 11.3 Å². The van der Waals surface area contributed by atoms with Gasteiger partial charge in [-0.2, -0.15) is 11.3 Å². The maximum atomic E-state index is 5.45. The van der Waals surface area contributed by atoms with E-state index in [1.807, 2.05) is 0 Å². The van der Waals surface area contributed by atoms with E-state index in [9.17, 15) is 0 Å². The number of thiophene rings is 1. The highest BCUT2D eigenvalue weighted by molar-refractivity contribution is 7.07. The van der Waals surface area contributed by atoms with E-state index in [-0.39, 0.29) is 6.04 Å². The average Bonchev–Trinajstić information content (AvgIpc) is 2.75.